The zero-order chi connectivity index (χ0) is 26.8. The summed E-state index contributed by atoms with van der Waals surface area (Å²) < 4.78 is 10.9. The van der Waals surface area contributed by atoms with E-state index in [1.807, 2.05) is 0 Å². The Hall–Kier alpha value is -5.50. The van der Waals surface area contributed by atoms with Gasteiger partial charge in [0.25, 0.3) is 0 Å². The standard InChI is InChI=1S/C30H18O8/c31-27(32)23-7-5-21-15-25(11-9-19(21)13-23)37-29(35)17-1-2-18(4-3-17)30(36)38-26-12-10-20-14-24(28(33)34)8-6-22(20)16-26/h1-16H,(H,31,32)(H,33,34). The molecule has 0 unspecified atom stereocenters. The van der Waals surface area contributed by atoms with Crippen LogP contribution in [0.5, 0.6) is 11.5 Å². The van der Waals surface area contributed by atoms with Crippen molar-refractivity contribution >= 4 is 45.4 Å². The second-order valence-corrected chi connectivity index (χ2v) is 8.41. The molecular weight excluding hydrogens is 488 g/mol. The molecule has 0 atom stereocenters. The summed E-state index contributed by atoms with van der Waals surface area (Å²) in [4.78, 5) is 47.5. The summed E-state index contributed by atoms with van der Waals surface area (Å²) in [6.07, 6.45) is 0. The quantitative estimate of drug-likeness (QED) is 0.218. The SMILES string of the molecule is O=C(O)c1ccc2cc(OC(=O)c3ccc(C(=O)Oc4ccc5cc(C(=O)O)ccc5c4)cc3)ccc2c1. The van der Waals surface area contributed by atoms with E-state index in [1.54, 1.807) is 48.5 Å². The number of esters is 2. The van der Waals surface area contributed by atoms with Crippen LogP contribution in [0, 0.1) is 0 Å². The number of hydrogen-bond donors (Lipinski definition) is 2. The van der Waals surface area contributed by atoms with Crippen LogP contribution in [-0.2, 0) is 0 Å². The maximum atomic E-state index is 12.6. The molecule has 38 heavy (non-hydrogen) atoms. The highest BCUT2D eigenvalue weighted by atomic mass is 16.5. The molecule has 5 aromatic rings. The van der Waals surface area contributed by atoms with Crippen molar-refractivity contribution in [3.8, 4) is 11.5 Å². The fourth-order valence-corrected chi connectivity index (χ4v) is 3.92. The van der Waals surface area contributed by atoms with Gasteiger partial charge in [-0.2, -0.15) is 0 Å². The topological polar surface area (TPSA) is 127 Å². The number of benzene rings is 5. The molecule has 2 N–H and O–H groups in total. The first-order valence-corrected chi connectivity index (χ1v) is 11.4. The van der Waals surface area contributed by atoms with E-state index < -0.39 is 23.9 Å². The largest absolute Gasteiger partial charge is 0.478 e. The van der Waals surface area contributed by atoms with Crippen molar-refractivity contribution in [1.29, 1.82) is 0 Å². The summed E-state index contributed by atoms with van der Waals surface area (Å²) in [5.41, 5.74) is 0.775. The normalized spacial score (nSPS) is 10.7. The Kier molecular flexibility index (Phi) is 6.28. The number of rotatable bonds is 6. The number of carboxylic acids is 2. The third kappa shape index (κ3) is 5.05. The van der Waals surface area contributed by atoms with Gasteiger partial charge in [0.15, 0.2) is 0 Å². The van der Waals surface area contributed by atoms with Gasteiger partial charge in [0.1, 0.15) is 11.5 Å². The lowest BCUT2D eigenvalue weighted by molar-refractivity contribution is 0.0686. The molecule has 0 saturated heterocycles. The molecule has 0 saturated carbocycles. The lowest BCUT2D eigenvalue weighted by Crippen LogP contribution is -2.11. The van der Waals surface area contributed by atoms with Gasteiger partial charge in [0, 0.05) is 0 Å². The van der Waals surface area contributed by atoms with Gasteiger partial charge in [0.05, 0.1) is 22.3 Å². The summed E-state index contributed by atoms with van der Waals surface area (Å²) in [6.45, 7) is 0. The lowest BCUT2D eigenvalue weighted by atomic mass is 10.1. The predicted octanol–water partition coefficient (Wildman–Crippen LogP) is 5.83. The monoisotopic (exact) mass is 506 g/mol. The molecule has 0 amide bonds. The lowest BCUT2D eigenvalue weighted by Gasteiger charge is -2.08. The zero-order valence-corrected chi connectivity index (χ0v) is 19.6. The van der Waals surface area contributed by atoms with Gasteiger partial charge in [-0.1, -0.05) is 24.3 Å². The van der Waals surface area contributed by atoms with Crippen molar-refractivity contribution in [2.24, 2.45) is 0 Å². The molecule has 0 aliphatic carbocycles. The molecule has 5 rings (SSSR count). The van der Waals surface area contributed by atoms with Gasteiger partial charge in [0.2, 0.25) is 0 Å². The van der Waals surface area contributed by atoms with Gasteiger partial charge < -0.3 is 19.7 Å². The van der Waals surface area contributed by atoms with Crippen LogP contribution in [0.4, 0.5) is 0 Å². The van der Waals surface area contributed by atoms with Crippen molar-refractivity contribution in [3.05, 3.63) is 119 Å². The second kappa shape index (κ2) is 9.87. The minimum atomic E-state index is -1.02. The van der Waals surface area contributed by atoms with E-state index in [0.29, 0.717) is 22.3 Å². The molecular formula is C30H18O8. The molecule has 0 bridgehead atoms. The van der Waals surface area contributed by atoms with Crippen molar-refractivity contribution in [2.45, 2.75) is 0 Å². The summed E-state index contributed by atoms with van der Waals surface area (Å²) >= 11 is 0. The molecule has 8 heteroatoms. The molecule has 5 aromatic carbocycles. The van der Waals surface area contributed by atoms with Crippen LogP contribution < -0.4 is 9.47 Å². The Balaban J connectivity index is 1.26. The fraction of sp³-hybridized carbons (Fsp3) is 0. The van der Waals surface area contributed by atoms with Crippen LogP contribution in [0.2, 0.25) is 0 Å². The highest BCUT2D eigenvalue weighted by Crippen LogP contribution is 2.25. The van der Waals surface area contributed by atoms with E-state index >= 15 is 0 Å². The van der Waals surface area contributed by atoms with E-state index in [-0.39, 0.29) is 22.3 Å². The summed E-state index contributed by atoms with van der Waals surface area (Å²) in [5, 5.41) is 21.1. The Morgan fingerprint density at radius 2 is 0.737 bits per heavy atom. The Labute approximate surface area is 215 Å². The summed E-state index contributed by atoms with van der Waals surface area (Å²) in [5.74, 6) is -2.71. The fourth-order valence-electron chi connectivity index (χ4n) is 3.92. The van der Waals surface area contributed by atoms with Crippen LogP contribution in [0.25, 0.3) is 21.5 Å². The van der Waals surface area contributed by atoms with Crippen molar-refractivity contribution in [1.82, 2.24) is 0 Å². The third-order valence-electron chi connectivity index (χ3n) is 5.89. The van der Waals surface area contributed by atoms with Gasteiger partial charge in [-0.15, -0.1) is 0 Å². The van der Waals surface area contributed by atoms with Crippen molar-refractivity contribution < 1.29 is 38.9 Å². The van der Waals surface area contributed by atoms with Gasteiger partial charge in [-0.3, -0.25) is 0 Å². The minimum Gasteiger partial charge on any atom is -0.478 e. The van der Waals surface area contributed by atoms with E-state index in [1.165, 1.54) is 48.5 Å². The van der Waals surface area contributed by atoms with Crippen LogP contribution in [0.15, 0.2) is 97.1 Å². The Morgan fingerprint density at radius 1 is 0.421 bits per heavy atom. The number of carbonyl (C=O) groups excluding carboxylic acids is 2. The zero-order valence-electron chi connectivity index (χ0n) is 19.6. The average molecular weight is 506 g/mol. The first-order valence-electron chi connectivity index (χ1n) is 11.4. The van der Waals surface area contributed by atoms with E-state index in [2.05, 4.69) is 0 Å². The van der Waals surface area contributed by atoms with Crippen molar-refractivity contribution in [3.63, 3.8) is 0 Å². The molecule has 0 heterocycles. The number of aromatic carboxylic acids is 2. The molecule has 8 nitrogen and oxygen atoms in total. The molecule has 0 aliphatic rings. The number of hydrogen-bond acceptors (Lipinski definition) is 6. The van der Waals surface area contributed by atoms with E-state index in [9.17, 15) is 19.2 Å². The minimum absolute atomic E-state index is 0.163. The number of carboxylic acid groups (broad SMARTS) is 2. The van der Waals surface area contributed by atoms with Gasteiger partial charge in [-0.05, 0) is 94.3 Å². The van der Waals surface area contributed by atoms with E-state index in [0.717, 1.165) is 10.8 Å². The smallest absolute Gasteiger partial charge is 0.343 e. The van der Waals surface area contributed by atoms with Gasteiger partial charge >= 0.3 is 23.9 Å². The second-order valence-electron chi connectivity index (χ2n) is 8.41. The summed E-state index contributed by atoms with van der Waals surface area (Å²) in [7, 11) is 0. The molecule has 0 radical (unpaired) electrons. The predicted molar refractivity (Wildman–Crippen MR) is 138 cm³/mol. The molecule has 0 spiro atoms. The molecule has 0 aliphatic heterocycles. The molecule has 0 aromatic heterocycles. The first kappa shape index (κ1) is 24.2. The van der Waals surface area contributed by atoms with Crippen LogP contribution in [0.1, 0.15) is 41.4 Å². The van der Waals surface area contributed by atoms with Crippen LogP contribution in [-0.4, -0.2) is 34.1 Å². The highest BCUT2D eigenvalue weighted by molar-refractivity contribution is 5.98. The summed E-state index contributed by atoms with van der Waals surface area (Å²) in [6, 6.07) is 24.9. The van der Waals surface area contributed by atoms with Crippen LogP contribution >= 0.6 is 0 Å². The average Bonchev–Trinajstić information content (AvgIpc) is 2.92. The highest BCUT2D eigenvalue weighted by Gasteiger charge is 2.14. The Morgan fingerprint density at radius 3 is 1.11 bits per heavy atom. The first-order chi connectivity index (χ1) is 18.3. The maximum Gasteiger partial charge on any atom is 0.343 e. The maximum absolute atomic E-state index is 12.6. The molecule has 0 fully saturated rings. The Bertz CT molecular complexity index is 1620. The van der Waals surface area contributed by atoms with E-state index in [4.69, 9.17) is 19.7 Å². The third-order valence-corrected chi connectivity index (χ3v) is 5.89. The van der Waals surface area contributed by atoms with Crippen LogP contribution in [0.3, 0.4) is 0 Å². The molecule has 186 valence electrons. The number of ether oxygens (including phenoxy) is 2. The van der Waals surface area contributed by atoms with Crippen molar-refractivity contribution in [2.75, 3.05) is 0 Å². The van der Waals surface area contributed by atoms with Gasteiger partial charge in [-0.25, -0.2) is 19.2 Å². The number of fused-ring (bicyclic) bond motifs is 2. The number of carbonyl (C=O) groups is 4.